The summed E-state index contributed by atoms with van der Waals surface area (Å²) in [6, 6.07) is 5.58. The number of nitrogens with one attached hydrogen (secondary N) is 2. The van der Waals surface area contributed by atoms with Crippen molar-refractivity contribution in [3.05, 3.63) is 40.1 Å². The highest BCUT2D eigenvalue weighted by atomic mass is 32.1. The third kappa shape index (κ3) is 4.59. The van der Waals surface area contributed by atoms with Gasteiger partial charge in [-0.2, -0.15) is 0 Å². The molecule has 2 N–H and O–H groups in total. The van der Waals surface area contributed by atoms with Crippen molar-refractivity contribution in [2.45, 2.75) is 26.3 Å². The average molecular weight is 322 g/mol. The van der Waals surface area contributed by atoms with E-state index in [1.165, 1.54) is 18.2 Å². The average Bonchev–Trinajstić information content (AvgIpc) is 2.94. The summed E-state index contributed by atoms with van der Waals surface area (Å²) in [7, 11) is 0. The zero-order valence-corrected chi connectivity index (χ0v) is 12.7. The maximum atomic E-state index is 13.0. The number of carbonyl (C=O) groups excluding carboxylic acids is 2. The van der Waals surface area contributed by atoms with Gasteiger partial charge in [0.05, 0.1) is 6.54 Å². The Morgan fingerprint density at radius 2 is 2.14 bits per heavy atom. The van der Waals surface area contributed by atoms with Crippen LogP contribution in [0.3, 0.4) is 0 Å². The Labute approximate surface area is 130 Å². The molecule has 0 bridgehead atoms. The Balaban J connectivity index is 1.93. The molecule has 0 aliphatic heterocycles. The van der Waals surface area contributed by atoms with E-state index in [0.717, 1.165) is 17.8 Å². The molecular weight excluding hydrogens is 307 g/mol. The summed E-state index contributed by atoms with van der Waals surface area (Å²) < 4.78 is 13.0. The second kappa shape index (κ2) is 7.60. The van der Waals surface area contributed by atoms with Crippen LogP contribution in [-0.4, -0.2) is 22.0 Å². The molecule has 2 amide bonds. The second-order valence-electron chi connectivity index (χ2n) is 4.49. The standard InChI is InChI=1S/C14H15FN4O2S/c1-2-4-11(20)16-8-12-18-19-14(22-12)13(21)17-10-6-3-5-9(15)7-10/h3,5-7H,2,4,8H2,1H3,(H,16,20)(H,17,21). The Hall–Kier alpha value is -2.35. The molecule has 22 heavy (non-hydrogen) atoms. The highest BCUT2D eigenvalue weighted by Gasteiger charge is 2.13. The van der Waals surface area contributed by atoms with E-state index in [1.54, 1.807) is 6.07 Å². The van der Waals surface area contributed by atoms with Gasteiger partial charge in [-0.1, -0.05) is 24.3 Å². The summed E-state index contributed by atoms with van der Waals surface area (Å²) in [6.45, 7) is 2.16. The van der Waals surface area contributed by atoms with Gasteiger partial charge in [0.2, 0.25) is 10.9 Å². The molecule has 0 aliphatic carbocycles. The Morgan fingerprint density at radius 1 is 1.32 bits per heavy atom. The number of anilines is 1. The van der Waals surface area contributed by atoms with Crippen molar-refractivity contribution in [1.29, 1.82) is 0 Å². The number of rotatable bonds is 6. The predicted molar refractivity (Wildman–Crippen MR) is 81.0 cm³/mol. The highest BCUT2D eigenvalue weighted by molar-refractivity contribution is 7.13. The lowest BCUT2D eigenvalue weighted by atomic mass is 10.3. The fourth-order valence-corrected chi connectivity index (χ4v) is 2.33. The summed E-state index contributed by atoms with van der Waals surface area (Å²) in [5.74, 6) is -0.966. The topological polar surface area (TPSA) is 84.0 Å². The first-order chi connectivity index (χ1) is 10.6. The summed E-state index contributed by atoms with van der Waals surface area (Å²) in [5, 5.41) is 13.5. The SMILES string of the molecule is CCCC(=O)NCc1nnc(C(=O)Nc2cccc(F)c2)s1. The summed E-state index contributed by atoms with van der Waals surface area (Å²) >= 11 is 1.08. The number of hydrogen-bond acceptors (Lipinski definition) is 5. The smallest absolute Gasteiger partial charge is 0.286 e. The van der Waals surface area contributed by atoms with E-state index in [9.17, 15) is 14.0 Å². The van der Waals surface area contributed by atoms with Crippen LogP contribution in [0, 0.1) is 5.82 Å². The molecule has 1 heterocycles. The van der Waals surface area contributed by atoms with Crippen molar-refractivity contribution >= 4 is 28.8 Å². The molecule has 0 radical (unpaired) electrons. The van der Waals surface area contributed by atoms with Gasteiger partial charge in [0.15, 0.2) is 0 Å². The number of aromatic nitrogens is 2. The molecule has 116 valence electrons. The van der Waals surface area contributed by atoms with Crippen LogP contribution in [-0.2, 0) is 11.3 Å². The molecular formula is C14H15FN4O2S. The van der Waals surface area contributed by atoms with Gasteiger partial charge >= 0.3 is 0 Å². The van der Waals surface area contributed by atoms with Crippen LogP contribution in [0.2, 0.25) is 0 Å². The Bertz CT molecular complexity index is 674. The zero-order chi connectivity index (χ0) is 15.9. The van der Waals surface area contributed by atoms with Gasteiger partial charge in [-0.25, -0.2) is 4.39 Å². The minimum absolute atomic E-state index is 0.0662. The van der Waals surface area contributed by atoms with E-state index >= 15 is 0 Å². The van der Waals surface area contributed by atoms with Gasteiger partial charge in [0.1, 0.15) is 10.8 Å². The molecule has 2 rings (SSSR count). The lowest BCUT2D eigenvalue weighted by Crippen LogP contribution is -2.21. The first kappa shape index (κ1) is 16.0. The Kier molecular flexibility index (Phi) is 5.54. The number of carbonyl (C=O) groups is 2. The van der Waals surface area contributed by atoms with Gasteiger partial charge in [-0.05, 0) is 24.6 Å². The van der Waals surface area contributed by atoms with Crippen molar-refractivity contribution in [3.8, 4) is 0 Å². The van der Waals surface area contributed by atoms with Crippen molar-refractivity contribution in [2.24, 2.45) is 0 Å². The van der Waals surface area contributed by atoms with Crippen molar-refractivity contribution in [3.63, 3.8) is 0 Å². The lowest BCUT2D eigenvalue weighted by molar-refractivity contribution is -0.121. The summed E-state index contributed by atoms with van der Waals surface area (Å²) in [6.07, 6.45) is 1.22. The summed E-state index contributed by atoms with van der Waals surface area (Å²) in [4.78, 5) is 23.3. The fourth-order valence-electron chi connectivity index (χ4n) is 1.66. The fraction of sp³-hybridized carbons (Fsp3) is 0.286. The third-order valence-electron chi connectivity index (χ3n) is 2.66. The largest absolute Gasteiger partial charge is 0.350 e. The monoisotopic (exact) mass is 322 g/mol. The minimum atomic E-state index is -0.464. The molecule has 6 nitrogen and oxygen atoms in total. The van der Waals surface area contributed by atoms with Gasteiger partial charge in [0.25, 0.3) is 5.91 Å². The van der Waals surface area contributed by atoms with E-state index in [1.807, 2.05) is 6.92 Å². The highest BCUT2D eigenvalue weighted by Crippen LogP contribution is 2.14. The molecule has 0 spiro atoms. The van der Waals surface area contributed by atoms with E-state index in [-0.39, 0.29) is 17.5 Å². The minimum Gasteiger partial charge on any atom is -0.350 e. The number of amides is 2. The number of halogens is 1. The molecule has 0 fully saturated rings. The second-order valence-corrected chi connectivity index (χ2v) is 5.55. The van der Waals surface area contributed by atoms with Gasteiger partial charge in [-0.15, -0.1) is 10.2 Å². The molecule has 0 saturated heterocycles. The number of benzene rings is 1. The third-order valence-corrected chi connectivity index (χ3v) is 3.58. The van der Waals surface area contributed by atoms with Crippen LogP contribution in [0.25, 0.3) is 0 Å². The van der Waals surface area contributed by atoms with Crippen LogP contribution in [0.4, 0.5) is 10.1 Å². The molecule has 8 heteroatoms. The van der Waals surface area contributed by atoms with Gasteiger partial charge < -0.3 is 10.6 Å². The predicted octanol–water partition coefficient (Wildman–Crippen LogP) is 2.35. The van der Waals surface area contributed by atoms with Crippen LogP contribution in [0.1, 0.15) is 34.6 Å². The van der Waals surface area contributed by atoms with E-state index < -0.39 is 11.7 Å². The molecule has 0 unspecified atom stereocenters. The van der Waals surface area contributed by atoms with Crippen LogP contribution >= 0.6 is 11.3 Å². The Morgan fingerprint density at radius 3 is 2.86 bits per heavy atom. The number of nitrogens with zero attached hydrogens (tertiary/aromatic N) is 2. The van der Waals surface area contributed by atoms with Crippen LogP contribution < -0.4 is 10.6 Å². The lowest BCUT2D eigenvalue weighted by Gasteiger charge is -2.02. The van der Waals surface area contributed by atoms with E-state index in [2.05, 4.69) is 20.8 Å². The molecule has 1 aromatic carbocycles. The van der Waals surface area contributed by atoms with Gasteiger partial charge in [-0.3, -0.25) is 9.59 Å². The maximum Gasteiger partial charge on any atom is 0.286 e. The number of hydrogen-bond donors (Lipinski definition) is 2. The van der Waals surface area contributed by atoms with Crippen LogP contribution in [0.15, 0.2) is 24.3 Å². The normalized spacial score (nSPS) is 10.3. The maximum absolute atomic E-state index is 13.0. The van der Waals surface area contributed by atoms with Crippen molar-refractivity contribution in [2.75, 3.05) is 5.32 Å². The summed E-state index contributed by atoms with van der Waals surface area (Å²) in [5.41, 5.74) is 0.345. The molecule has 1 aromatic heterocycles. The van der Waals surface area contributed by atoms with Gasteiger partial charge in [0, 0.05) is 12.1 Å². The van der Waals surface area contributed by atoms with Crippen LogP contribution in [0.5, 0.6) is 0 Å². The van der Waals surface area contributed by atoms with Crippen molar-refractivity contribution in [1.82, 2.24) is 15.5 Å². The quantitative estimate of drug-likeness (QED) is 0.855. The molecule has 0 saturated carbocycles. The molecule has 0 aliphatic rings. The molecule has 0 atom stereocenters. The first-order valence-corrected chi connectivity index (χ1v) is 7.56. The first-order valence-electron chi connectivity index (χ1n) is 6.74. The van der Waals surface area contributed by atoms with E-state index in [4.69, 9.17) is 0 Å². The molecule has 2 aromatic rings. The zero-order valence-electron chi connectivity index (χ0n) is 11.9. The van der Waals surface area contributed by atoms with E-state index in [0.29, 0.717) is 17.1 Å². The van der Waals surface area contributed by atoms with Crippen molar-refractivity contribution < 1.29 is 14.0 Å².